The average molecular weight is 324 g/mol. The van der Waals surface area contributed by atoms with E-state index in [-0.39, 0.29) is 12.0 Å². The van der Waals surface area contributed by atoms with Gasteiger partial charge >= 0.3 is 12.1 Å². The molecule has 0 aliphatic carbocycles. The summed E-state index contributed by atoms with van der Waals surface area (Å²) in [6.07, 6.45) is -4.84. The molecule has 0 spiro atoms. The van der Waals surface area contributed by atoms with Crippen molar-refractivity contribution in [2.75, 3.05) is 0 Å². The molecule has 118 valence electrons. The second-order valence-electron chi connectivity index (χ2n) is 4.76. The molecule has 0 amide bonds. The van der Waals surface area contributed by atoms with Crippen molar-refractivity contribution in [1.82, 2.24) is 0 Å². The summed E-state index contributed by atoms with van der Waals surface area (Å²) in [6.45, 7) is 4.08. The Bertz CT molecular complexity index is 661. The van der Waals surface area contributed by atoms with Crippen LogP contribution in [0.4, 0.5) is 13.2 Å². The number of carboxylic acid groups (broad SMARTS) is 1. The van der Waals surface area contributed by atoms with Crippen LogP contribution in [0.1, 0.15) is 42.3 Å². The van der Waals surface area contributed by atoms with E-state index in [0.29, 0.717) is 6.07 Å². The molecule has 0 bridgehead atoms. The summed E-state index contributed by atoms with van der Waals surface area (Å²) in [5, 5.41) is 7.93. The van der Waals surface area contributed by atoms with Gasteiger partial charge in [0.1, 0.15) is 0 Å². The molecule has 1 N–H and O–H groups in total. The van der Waals surface area contributed by atoms with Crippen LogP contribution in [0.25, 0.3) is 0 Å². The first-order valence-electron chi connectivity index (χ1n) is 6.14. The molecule has 0 saturated carbocycles. The van der Waals surface area contributed by atoms with Gasteiger partial charge in [0, 0.05) is 0 Å². The van der Waals surface area contributed by atoms with Crippen LogP contribution in [0.15, 0.2) is 17.0 Å². The minimum atomic E-state index is -4.95. The molecule has 0 aliphatic heterocycles. The van der Waals surface area contributed by atoms with Crippen LogP contribution in [-0.4, -0.2) is 24.7 Å². The maximum atomic E-state index is 13.1. The van der Waals surface area contributed by atoms with Crippen LogP contribution in [0.2, 0.25) is 0 Å². The van der Waals surface area contributed by atoms with Crippen molar-refractivity contribution >= 4 is 15.8 Å². The highest BCUT2D eigenvalue weighted by atomic mass is 32.2. The first kappa shape index (κ1) is 17.5. The zero-order valence-electron chi connectivity index (χ0n) is 11.7. The first-order chi connectivity index (χ1) is 9.42. The lowest BCUT2D eigenvalue weighted by Crippen LogP contribution is -2.21. The Balaban J connectivity index is 3.83. The molecule has 4 nitrogen and oxygen atoms in total. The number of benzene rings is 1. The maximum Gasteiger partial charge on any atom is 0.417 e. The molecule has 8 heteroatoms. The molecule has 0 atom stereocenters. The first-order valence-corrected chi connectivity index (χ1v) is 7.68. The van der Waals surface area contributed by atoms with Gasteiger partial charge in [-0.2, -0.15) is 13.2 Å². The second kappa shape index (κ2) is 5.67. The molecular formula is C13H15F3O4S. The largest absolute Gasteiger partial charge is 0.478 e. The number of carboxylic acids is 1. The Hall–Kier alpha value is -1.57. The molecule has 0 radical (unpaired) electrons. The van der Waals surface area contributed by atoms with Gasteiger partial charge in [0.2, 0.25) is 0 Å². The highest BCUT2D eigenvalue weighted by Gasteiger charge is 2.39. The predicted octanol–water partition coefficient (Wildman–Crippen LogP) is 3.15. The molecule has 1 aromatic carbocycles. The fourth-order valence-corrected chi connectivity index (χ4v) is 3.12. The topological polar surface area (TPSA) is 71.4 Å². The Morgan fingerprint density at radius 2 is 1.81 bits per heavy atom. The minimum Gasteiger partial charge on any atom is -0.478 e. The van der Waals surface area contributed by atoms with E-state index < -0.39 is 43.3 Å². The highest BCUT2D eigenvalue weighted by molar-refractivity contribution is 7.92. The van der Waals surface area contributed by atoms with Crippen molar-refractivity contribution in [3.05, 3.63) is 28.8 Å². The number of sulfone groups is 1. The number of hydrogen-bond donors (Lipinski definition) is 1. The molecule has 0 aliphatic rings. The van der Waals surface area contributed by atoms with Crippen LogP contribution in [0.5, 0.6) is 0 Å². The number of hydrogen-bond acceptors (Lipinski definition) is 3. The van der Waals surface area contributed by atoms with Crippen molar-refractivity contribution < 1.29 is 31.5 Å². The predicted molar refractivity (Wildman–Crippen MR) is 70.1 cm³/mol. The van der Waals surface area contributed by atoms with Gasteiger partial charge in [0.25, 0.3) is 0 Å². The van der Waals surface area contributed by atoms with Gasteiger partial charge < -0.3 is 5.11 Å². The van der Waals surface area contributed by atoms with E-state index in [2.05, 4.69) is 0 Å². The lowest BCUT2D eigenvalue weighted by atomic mass is 10.0. The maximum absolute atomic E-state index is 13.1. The lowest BCUT2D eigenvalue weighted by molar-refractivity contribution is -0.139. The number of alkyl halides is 3. The number of aromatic carboxylic acids is 1. The Morgan fingerprint density at radius 1 is 1.29 bits per heavy atom. The molecule has 1 rings (SSSR count). The average Bonchev–Trinajstić information content (AvgIpc) is 2.35. The molecule has 0 aromatic heterocycles. The van der Waals surface area contributed by atoms with Crippen LogP contribution >= 0.6 is 0 Å². The number of halogens is 3. The van der Waals surface area contributed by atoms with E-state index in [9.17, 15) is 26.4 Å². The number of rotatable bonds is 4. The summed E-state index contributed by atoms with van der Waals surface area (Å²) in [7, 11) is -4.18. The summed E-state index contributed by atoms with van der Waals surface area (Å²) < 4.78 is 63.4. The van der Waals surface area contributed by atoms with E-state index in [4.69, 9.17) is 5.11 Å². The Labute approximate surface area is 120 Å². The van der Waals surface area contributed by atoms with E-state index in [1.165, 1.54) is 13.8 Å². The summed E-state index contributed by atoms with van der Waals surface area (Å²) in [5.74, 6) is -1.52. The lowest BCUT2D eigenvalue weighted by Gasteiger charge is -2.18. The van der Waals surface area contributed by atoms with Gasteiger partial charge in [-0.1, -0.05) is 6.92 Å². The monoisotopic (exact) mass is 324 g/mol. The van der Waals surface area contributed by atoms with Gasteiger partial charge in [-0.15, -0.1) is 0 Å². The molecule has 1 aromatic rings. The van der Waals surface area contributed by atoms with Gasteiger partial charge in [0.15, 0.2) is 9.84 Å². The SMILES string of the molecule is CCc1cc(S(=O)(=O)C(C)C)c(C(F)(F)F)cc1C(=O)O. The van der Waals surface area contributed by atoms with Gasteiger partial charge in [-0.3, -0.25) is 0 Å². The fourth-order valence-electron chi connectivity index (χ4n) is 1.82. The summed E-state index contributed by atoms with van der Waals surface area (Å²) in [6, 6.07) is 1.22. The fraction of sp³-hybridized carbons (Fsp3) is 0.462. The van der Waals surface area contributed by atoms with Gasteiger partial charge in [0.05, 0.1) is 21.3 Å². The van der Waals surface area contributed by atoms with Crippen LogP contribution in [0.3, 0.4) is 0 Å². The number of aryl methyl sites for hydroxylation is 1. The Kier molecular flexibility index (Phi) is 4.72. The molecule has 0 unspecified atom stereocenters. The third-order valence-electron chi connectivity index (χ3n) is 3.05. The van der Waals surface area contributed by atoms with Crippen molar-refractivity contribution in [3.63, 3.8) is 0 Å². The van der Waals surface area contributed by atoms with Crippen LogP contribution in [0, 0.1) is 0 Å². The summed E-state index contributed by atoms with van der Waals surface area (Å²) >= 11 is 0. The quantitative estimate of drug-likeness (QED) is 0.923. The summed E-state index contributed by atoms with van der Waals surface area (Å²) in [4.78, 5) is 10.2. The van der Waals surface area contributed by atoms with Crippen molar-refractivity contribution in [1.29, 1.82) is 0 Å². The van der Waals surface area contributed by atoms with Gasteiger partial charge in [-0.05, 0) is 38.0 Å². The molecular weight excluding hydrogens is 309 g/mol. The Morgan fingerprint density at radius 3 is 2.14 bits per heavy atom. The van der Waals surface area contributed by atoms with Gasteiger partial charge in [-0.25, -0.2) is 13.2 Å². The normalized spacial score (nSPS) is 12.7. The third-order valence-corrected chi connectivity index (χ3v) is 5.24. The zero-order chi connectivity index (χ0) is 16.6. The van der Waals surface area contributed by atoms with Crippen LogP contribution in [-0.2, 0) is 22.4 Å². The van der Waals surface area contributed by atoms with Crippen molar-refractivity contribution in [2.45, 2.75) is 43.5 Å². The zero-order valence-corrected chi connectivity index (χ0v) is 12.5. The van der Waals surface area contributed by atoms with Crippen molar-refractivity contribution in [3.8, 4) is 0 Å². The highest BCUT2D eigenvalue weighted by Crippen LogP contribution is 2.37. The molecule has 0 heterocycles. The minimum absolute atomic E-state index is 0.0507. The third kappa shape index (κ3) is 3.37. The van der Waals surface area contributed by atoms with Crippen molar-refractivity contribution in [2.24, 2.45) is 0 Å². The number of carbonyl (C=O) groups is 1. The second-order valence-corrected chi connectivity index (χ2v) is 7.23. The standard InChI is InChI=1S/C13H15F3O4S/c1-4-8-5-11(21(19,20)7(2)3)10(13(14,15)16)6-9(8)12(17)18/h5-7H,4H2,1-3H3,(H,17,18). The van der Waals surface area contributed by atoms with E-state index >= 15 is 0 Å². The van der Waals surface area contributed by atoms with Crippen LogP contribution < -0.4 is 0 Å². The summed E-state index contributed by atoms with van der Waals surface area (Å²) in [5.41, 5.74) is -1.92. The van der Waals surface area contributed by atoms with E-state index in [1.807, 2.05) is 0 Å². The smallest absolute Gasteiger partial charge is 0.417 e. The molecule has 0 fully saturated rings. The van der Waals surface area contributed by atoms with E-state index in [0.717, 1.165) is 6.07 Å². The molecule has 21 heavy (non-hydrogen) atoms. The van der Waals surface area contributed by atoms with E-state index in [1.54, 1.807) is 6.92 Å². The molecule has 0 saturated heterocycles.